The predicted molar refractivity (Wildman–Crippen MR) is 93.6 cm³/mol. The van der Waals surface area contributed by atoms with Crippen LogP contribution >= 0.6 is 11.8 Å². The molecule has 1 aliphatic rings. The fourth-order valence-electron chi connectivity index (χ4n) is 3.06. The maximum atomic E-state index is 12.2. The normalized spacial score (nSPS) is 20.7. The average molecular weight is 345 g/mol. The third-order valence-electron chi connectivity index (χ3n) is 4.46. The van der Waals surface area contributed by atoms with Crippen LogP contribution in [0.4, 0.5) is 0 Å². The van der Waals surface area contributed by atoms with Crippen LogP contribution in [0.5, 0.6) is 0 Å². The van der Waals surface area contributed by atoms with Gasteiger partial charge < -0.3 is 5.32 Å². The minimum absolute atomic E-state index is 0.0630. The predicted octanol–water partition coefficient (Wildman–Crippen LogP) is 2.51. The quantitative estimate of drug-likeness (QED) is 0.815. The van der Waals surface area contributed by atoms with Crippen LogP contribution < -0.4 is 5.32 Å². The molecule has 0 unspecified atom stereocenters. The molecule has 0 spiro atoms. The first-order chi connectivity index (χ1) is 11.7. The van der Waals surface area contributed by atoms with Crippen molar-refractivity contribution in [2.45, 2.75) is 50.4 Å². The fraction of sp³-hybridized carbons (Fsp3) is 0.529. The summed E-state index contributed by atoms with van der Waals surface area (Å²) in [4.78, 5) is 12.2. The monoisotopic (exact) mass is 345 g/mol. The number of hydrogen-bond acceptors (Lipinski definition) is 5. The molecule has 1 aliphatic carbocycles. The second kappa shape index (κ2) is 8.28. The van der Waals surface area contributed by atoms with E-state index in [-0.39, 0.29) is 5.91 Å². The Kier molecular flexibility index (Phi) is 5.85. The van der Waals surface area contributed by atoms with Crippen LogP contribution in [0, 0.1) is 5.92 Å². The molecule has 6 nitrogen and oxygen atoms in total. The van der Waals surface area contributed by atoms with E-state index in [1.165, 1.54) is 31.0 Å². The van der Waals surface area contributed by atoms with Crippen molar-refractivity contribution < 1.29 is 4.79 Å². The highest BCUT2D eigenvalue weighted by molar-refractivity contribution is 7.99. The molecule has 2 aromatic rings. The van der Waals surface area contributed by atoms with E-state index in [1.54, 1.807) is 4.68 Å². The number of aromatic nitrogens is 4. The van der Waals surface area contributed by atoms with E-state index in [1.807, 2.05) is 30.3 Å². The molecule has 128 valence electrons. The number of nitrogens with one attached hydrogen (secondary N) is 1. The number of carbonyl (C=O) groups is 1. The summed E-state index contributed by atoms with van der Waals surface area (Å²) in [6, 6.07) is 10.3. The Labute approximate surface area is 146 Å². The number of thioether (sulfide) groups is 1. The van der Waals surface area contributed by atoms with Crippen LogP contribution in [0.15, 0.2) is 35.5 Å². The van der Waals surface area contributed by atoms with Gasteiger partial charge in [-0.1, -0.05) is 61.9 Å². The van der Waals surface area contributed by atoms with Gasteiger partial charge in [-0.05, 0) is 34.7 Å². The highest BCUT2D eigenvalue weighted by Gasteiger charge is 2.23. The maximum absolute atomic E-state index is 12.2. The van der Waals surface area contributed by atoms with Gasteiger partial charge in [-0.2, -0.15) is 0 Å². The van der Waals surface area contributed by atoms with Crippen molar-refractivity contribution in [2.75, 3.05) is 5.75 Å². The summed E-state index contributed by atoms with van der Waals surface area (Å²) in [7, 11) is 0. The topological polar surface area (TPSA) is 72.7 Å². The van der Waals surface area contributed by atoms with Gasteiger partial charge in [-0.15, -0.1) is 5.10 Å². The zero-order valence-electron chi connectivity index (χ0n) is 13.9. The molecular weight excluding hydrogens is 322 g/mol. The largest absolute Gasteiger partial charge is 0.352 e. The molecule has 0 bridgehead atoms. The van der Waals surface area contributed by atoms with Crippen molar-refractivity contribution in [2.24, 2.45) is 5.92 Å². The van der Waals surface area contributed by atoms with E-state index in [4.69, 9.17) is 0 Å². The zero-order valence-corrected chi connectivity index (χ0v) is 14.7. The summed E-state index contributed by atoms with van der Waals surface area (Å²) in [6.45, 7) is 2.83. The Morgan fingerprint density at radius 1 is 1.29 bits per heavy atom. The number of rotatable bonds is 6. The van der Waals surface area contributed by atoms with E-state index in [0.717, 1.165) is 12.0 Å². The first kappa shape index (κ1) is 17.0. The first-order valence-corrected chi connectivity index (χ1v) is 9.43. The van der Waals surface area contributed by atoms with Crippen molar-refractivity contribution >= 4 is 17.7 Å². The zero-order chi connectivity index (χ0) is 16.8. The molecule has 7 heteroatoms. The SMILES string of the molecule is C[C@H]1CCCC[C@H]1NC(=O)CSc1nnnn1Cc1ccccc1. The maximum Gasteiger partial charge on any atom is 0.230 e. The highest BCUT2D eigenvalue weighted by Crippen LogP contribution is 2.24. The molecule has 1 amide bonds. The lowest BCUT2D eigenvalue weighted by Crippen LogP contribution is -2.41. The smallest absolute Gasteiger partial charge is 0.230 e. The molecule has 1 N–H and O–H groups in total. The van der Waals surface area contributed by atoms with Crippen molar-refractivity contribution in [3.05, 3.63) is 35.9 Å². The Hall–Kier alpha value is -1.89. The van der Waals surface area contributed by atoms with E-state index in [2.05, 4.69) is 27.8 Å². The highest BCUT2D eigenvalue weighted by atomic mass is 32.2. The lowest BCUT2D eigenvalue weighted by molar-refractivity contribution is -0.119. The van der Waals surface area contributed by atoms with Crippen LogP contribution in [0.1, 0.15) is 38.2 Å². The minimum Gasteiger partial charge on any atom is -0.352 e. The van der Waals surface area contributed by atoms with E-state index in [0.29, 0.717) is 29.4 Å². The van der Waals surface area contributed by atoms with Gasteiger partial charge in [0.15, 0.2) is 0 Å². The second-order valence-corrected chi connectivity index (χ2v) is 7.27. The van der Waals surface area contributed by atoms with Gasteiger partial charge in [0, 0.05) is 6.04 Å². The third-order valence-corrected chi connectivity index (χ3v) is 5.42. The number of amides is 1. The first-order valence-electron chi connectivity index (χ1n) is 8.44. The molecule has 1 heterocycles. The Morgan fingerprint density at radius 2 is 2.08 bits per heavy atom. The van der Waals surface area contributed by atoms with Crippen LogP contribution in [0.2, 0.25) is 0 Å². The summed E-state index contributed by atoms with van der Waals surface area (Å²) in [6.07, 6.45) is 4.77. The lowest BCUT2D eigenvalue weighted by Gasteiger charge is -2.29. The van der Waals surface area contributed by atoms with Gasteiger partial charge in [0.25, 0.3) is 0 Å². The Morgan fingerprint density at radius 3 is 2.88 bits per heavy atom. The molecule has 2 atom stereocenters. The van der Waals surface area contributed by atoms with Crippen LogP contribution in [-0.4, -0.2) is 37.9 Å². The minimum atomic E-state index is 0.0630. The summed E-state index contributed by atoms with van der Waals surface area (Å²) in [5, 5.41) is 15.6. The summed E-state index contributed by atoms with van der Waals surface area (Å²) >= 11 is 1.39. The van der Waals surface area contributed by atoms with Gasteiger partial charge in [-0.25, -0.2) is 4.68 Å². The lowest BCUT2D eigenvalue weighted by atomic mass is 9.86. The molecule has 1 saturated carbocycles. The van der Waals surface area contributed by atoms with Gasteiger partial charge in [0.2, 0.25) is 11.1 Å². The standard InChI is InChI=1S/C17H23N5OS/c1-13-7-5-6-10-15(13)18-16(23)12-24-17-19-20-21-22(17)11-14-8-3-2-4-9-14/h2-4,8-9,13,15H,5-7,10-12H2,1H3,(H,18,23)/t13-,15+/m0/s1. The third kappa shape index (κ3) is 4.56. The molecule has 1 fully saturated rings. The van der Waals surface area contributed by atoms with Gasteiger partial charge in [-0.3, -0.25) is 4.79 Å². The number of benzene rings is 1. The molecule has 3 rings (SSSR count). The van der Waals surface area contributed by atoms with E-state index >= 15 is 0 Å². The number of hydrogen-bond donors (Lipinski definition) is 1. The van der Waals surface area contributed by atoms with Crippen LogP contribution in [0.25, 0.3) is 0 Å². The molecule has 0 saturated heterocycles. The number of tetrazole rings is 1. The Balaban J connectivity index is 1.51. The number of carbonyl (C=O) groups excluding carboxylic acids is 1. The van der Waals surface area contributed by atoms with Crippen LogP contribution in [0.3, 0.4) is 0 Å². The summed E-state index contributed by atoms with van der Waals surface area (Å²) in [5.74, 6) is 0.974. The molecule has 24 heavy (non-hydrogen) atoms. The fourth-order valence-corrected chi connectivity index (χ4v) is 3.75. The molecule has 0 radical (unpaired) electrons. The average Bonchev–Trinajstić information content (AvgIpc) is 3.03. The van der Waals surface area contributed by atoms with Crippen molar-refractivity contribution in [3.8, 4) is 0 Å². The molecular formula is C17H23N5OS. The molecule has 1 aromatic carbocycles. The Bertz CT molecular complexity index is 660. The van der Waals surface area contributed by atoms with E-state index < -0.39 is 0 Å². The van der Waals surface area contributed by atoms with Crippen molar-refractivity contribution in [1.29, 1.82) is 0 Å². The van der Waals surface area contributed by atoms with E-state index in [9.17, 15) is 4.79 Å². The molecule has 0 aliphatic heterocycles. The van der Waals surface area contributed by atoms with Gasteiger partial charge >= 0.3 is 0 Å². The van der Waals surface area contributed by atoms with Crippen molar-refractivity contribution in [3.63, 3.8) is 0 Å². The van der Waals surface area contributed by atoms with Gasteiger partial charge in [0.05, 0.1) is 12.3 Å². The molecule has 1 aromatic heterocycles. The summed E-state index contributed by atoms with van der Waals surface area (Å²) in [5.41, 5.74) is 1.13. The van der Waals surface area contributed by atoms with Gasteiger partial charge in [0.1, 0.15) is 0 Å². The summed E-state index contributed by atoms with van der Waals surface area (Å²) < 4.78 is 1.73. The van der Waals surface area contributed by atoms with Crippen LogP contribution in [-0.2, 0) is 11.3 Å². The second-order valence-electron chi connectivity index (χ2n) is 6.33. The number of nitrogens with zero attached hydrogens (tertiary/aromatic N) is 4. The van der Waals surface area contributed by atoms with Crippen molar-refractivity contribution in [1.82, 2.24) is 25.5 Å².